The molecule has 4 nitrogen and oxygen atoms in total. The Morgan fingerprint density at radius 1 is 1.04 bits per heavy atom. The molecule has 27 heavy (non-hydrogen) atoms. The van der Waals surface area contributed by atoms with Crippen LogP contribution in [0.2, 0.25) is 0 Å². The van der Waals surface area contributed by atoms with Gasteiger partial charge in [0.25, 0.3) is 5.91 Å². The molecule has 1 aliphatic carbocycles. The van der Waals surface area contributed by atoms with Crippen molar-refractivity contribution >= 4 is 32.9 Å². The fourth-order valence-corrected chi connectivity index (χ4v) is 3.94. The van der Waals surface area contributed by atoms with E-state index in [-0.39, 0.29) is 17.4 Å². The Balaban J connectivity index is 1.56. The number of rotatable bonds is 4. The Hall–Kier alpha value is -2.27. The van der Waals surface area contributed by atoms with Gasteiger partial charge in [0.15, 0.2) is 0 Å². The summed E-state index contributed by atoms with van der Waals surface area (Å²) in [4.78, 5) is 21.9. The zero-order valence-corrected chi connectivity index (χ0v) is 17.3. The molecule has 2 aromatic carbocycles. The van der Waals surface area contributed by atoms with Gasteiger partial charge in [-0.2, -0.15) is 0 Å². The van der Waals surface area contributed by atoms with Crippen LogP contribution in [0, 0.1) is 13.8 Å². The highest BCUT2D eigenvalue weighted by Gasteiger charge is 2.49. The number of carbonyl (C=O) groups is 1. The summed E-state index contributed by atoms with van der Waals surface area (Å²) in [7, 11) is 0. The second kappa shape index (κ2) is 6.71. The van der Waals surface area contributed by atoms with Crippen LogP contribution in [0.1, 0.15) is 47.1 Å². The number of aromatic nitrogens is 2. The molecule has 1 N–H and O–H groups in total. The first-order chi connectivity index (χ1) is 12.9. The quantitative estimate of drug-likeness (QED) is 0.651. The normalized spacial score (nSPS) is 16.1. The fourth-order valence-electron chi connectivity index (χ4n) is 3.68. The van der Waals surface area contributed by atoms with Crippen LogP contribution in [0.4, 0.5) is 0 Å². The van der Waals surface area contributed by atoms with Gasteiger partial charge in [0.2, 0.25) is 0 Å². The summed E-state index contributed by atoms with van der Waals surface area (Å²) in [5, 5.41) is 3.20. The van der Waals surface area contributed by atoms with Crippen molar-refractivity contribution in [3.05, 3.63) is 69.5 Å². The molecular formula is C22H22BrN3O. The lowest BCUT2D eigenvalue weighted by molar-refractivity contribution is 0.0932. The van der Waals surface area contributed by atoms with Gasteiger partial charge in [0.05, 0.1) is 22.4 Å². The van der Waals surface area contributed by atoms with Crippen molar-refractivity contribution in [1.82, 2.24) is 15.3 Å². The van der Waals surface area contributed by atoms with Crippen molar-refractivity contribution in [3.8, 4) is 0 Å². The van der Waals surface area contributed by atoms with E-state index in [0.717, 1.165) is 39.7 Å². The topological polar surface area (TPSA) is 54.9 Å². The lowest BCUT2D eigenvalue weighted by Crippen LogP contribution is -2.41. The number of fused-ring (bicyclic) bond motifs is 1. The first-order valence-corrected chi connectivity index (χ1v) is 10.0. The molecule has 1 aromatic heterocycles. The van der Waals surface area contributed by atoms with E-state index < -0.39 is 0 Å². The van der Waals surface area contributed by atoms with E-state index in [4.69, 9.17) is 0 Å². The first-order valence-electron chi connectivity index (χ1n) is 9.21. The third-order valence-corrected chi connectivity index (χ3v) is 6.25. The average Bonchev–Trinajstić information content (AvgIpc) is 3.45. The number of benzene rings is 2. The molecule has 5 heteroatoms. The van der Waals surface area contributed by atoms with Crippen LogP contribution in [-0.2, 0) is 5.41 Å². The lowest BCUT2D eigenvalue weighted by atomic mass is 9.89. The maximum Gasteiger partial charge on any atom is 0.251 e. The molecule has 1 amide bonds. The number of amides is 1. The van der Waals surface area contributed by atoms with Crippen LogP contribution in [-0.4, -0.2) is 21.9 Å². The van der Waals surface area contributed by atoms with Crippen LogP contribution in [0.25, 0.3) is 11.0 Å². The molecule has 1 unspecified atom stereocenters. The number of carbonyl (C=O) groups excluding carboxylic acids is 1. The number of nitrogens with one attached hydrogen (secondary N) is 1. The van der Waals surface area contributed by atoms with E-state index in [1.54, 1.807) is 0 Å². The second-order valence-corrected chi connectivity index (χ2v) is 8.37. The molecule has 1 fully saturated rings. The van der Waals surface area contributed by atoms with E-state index in [0.29, 0.717) is 5.56 Å². The van der Waals surface area contributed by atoms with Gasteiger partial charge in [-0.25, -0.2) is 9.97 Å². The third kappa shape index (κ3) is 3.36. The summed E-state index contributed by atoms with van der Waals surface area (Å²) in [5.41, 5.74) is 5.33. The summed E-state index contributed by atoms with van der Waals surface area (Å²) in [6.07, 6.45) is 2.19. The molecule has 0 bridgehead atoms. The predicted molar refractivity (Wildman–Crippen MR) is 111 cm³/mol. The molecule has 0 spiro atoms. The van der Waals surface area contributed by atoms with Gasteiger partial charge >= 0.3 is 0 Å². The number of hydrogen-bond donors (Lipinski definition) is 1. The first kappa shape index (κ1) is 18.1. The minimum Gasteiger partial charge on any atom is -0.349 e. The van der Waals surface area contributed by atoms with Gasteiger partial charge in [-0.3, -0.25) is 4.79 Å². The molecule has 1 saturated carbocycles. The molecule has 0 saturated heterocycles. The summed E-state index contributed by atoms with van der Waals surface area (Å²) < 4.78 is 1.07. The SMILES string of the molecule is Cc1nc2ccc(C(=O)NC(C)C3(c4ccc(Br)cc4)CC3)cc2nc1C. The smallest absolute Gasteiger partial charge is 0.251 e. The van der Waals surface area contributed by atoms with Crippen molar-refractivity contribution in [3.63, 3.8) is 0 Å². The zero-order valence-electron chi connectivity index (χ0n) is 15.7. The number of halogens is 1. The molecule has 4 rings (SSSR count). The monoisotopic (exact) mass is 423 g/mol. The van der Waals surface area contributed by atoms with Gasteiger partial charge in [-0.1, -0.05) is 28.1 Å². The minimum atomic E-state index is -0.0622. The molecule has 1 heterocycles. The summed E-state index contributed by atoms with van der Waals surface area (Å²) in [6.45, 7) is 5.98. The van der Waals surface area contributed by atoms with Crippen molar-refractivity contribution in [1.29, 1.82) is 0 Å². The number of nitrogens with zero attached hydrogens (tertiary/aromatic N) is 2. The Morgan fingerprint density at radius 2 is 1.67 bits per heavy atom. The van der Waals surface area contributed by atoms with Crippen molar-refractivity contribution in [2.24, 2.45) is 0 Å². The van der Waals surface area contributed by atoms with E-state index in [1.807, 2.05) is 32.0 Å². The van der Waals surface area contributed by atoms with Gasteiger partial charge in [-0.15, -0.1) is 0 Å². The predicted octanol–water partition coefficient (Wildman–Crippen LogP) is 4.86. The van der Waals surface area contributed by atoms with Crippen molar-refractivity contribution < 1.29 is 4.79 Å². The van der Waals surface area contributed by atoms with Gasteiger partial charge in [0, 0.05) is 21.5 Å². The molecular weight excluding hydrogens is 402 g/mol. The van der Waals surface area contributed by atoms with E-state index in [2.05, 4.69) is 62.4 Å². The van der Waals surface area contributed by atoms with Crippen molar-refractivity contribution in [2.45, 2.75) is 45.1 Å². The fraction of sp³-hybridized carbons (Fsp3) is 0.318. The van der Waals surface area contributed by atoms with Gasteiger partial charge < -0.3 is 5.32 Å². The Morgan fingerprint density at radius 3 is 2.30 bits per heavy atom. The summed E-state index contributed by atoms with van der Waals surface area (Å²) >= 11 is 3.49. The molecule has 1 atom stereocenters. The highest BCUT2D eigenvalue weighted by molar-refractivity contribution is 9.10. The van der Waals surface area contributed by atoms with Crippen LogP contribution in [0.5, 0.6) is 0 Å². The minimum absolute atomic E-state index is 0.0424. The Kier molecular flexibility index (Phi) is 4.50. The highest BCUT2D eigenvalue weighted by atomic mass is 79.9. The molecule has 138 valence electrons. The van der Waals surface area contributed by atoms with Crippen LogP contribution >= 0.6 is 15.9 Å². The summed E-state index contributed by atoms with van der Waals surface area (Å²) in [6, 6.07) is 14.0. The highest BCUT2D eigenvalue weighted by Crippen LogP contribution is 2.51. The summed E-state index contributed by atoms with van der Waals surface area (Å²) in [5.74, 6) is -0.0622. The van der Waals surface area contributed by atoms with Crippen molar-refractivity contribution in [2.75, 3.05) is 0 Å². The average molecular weight is 424 g/mol. The van der Waals surface area contributed by atoms with E-state index in [1.165, 1.54) is 5.56 Å². The second-order valence-electron chi connectivity index (χ2n) is 7.46. The Bertz CT molecular complexity index is 1030. The van der Waals surface area contributed by atoms with E-state index in [9.17, 15) is 4.79 Å². The standard InChI is InChI=1S/C22H22BrN3O/c1-13-14(2)25-20-12-16(4-9-19(20)24-13)21(27)26-15(3)22(10-11-22)17-5-7-18(23)8-6-17/h4-9,12,15H,10-11H2,1-3H3,(H,26,27). The van der Waals surface area contributed by atoms with E-state index >= 15 is 0 Å². The lowest BCUT2D eigenvalue weighted by Gasteiger charge is -2.25. The molecule has 0 aliphatic heterocycles. The molecule has 0 radical (unpaired) electrons. The maximum absolute atomic E-state index is 12.8. The van der Waals surface area contributed by atoms with Gasteiger partial charge in [0.1, 0.15) is 0 Å². The maximum atomic E-state index is 12.8. The molecule has 3 aromatic rings. The van der Waals surface area contributed by atoms with Crippen LogP contribution in [0.15, 0.2) is 46.9 Å². The third-order valence-electron chi connectivity index (χ3n) is 5.72. The molecule has 1 aliphatic rings. The van der Waals surface area contributed by atoms with Crippen LogP contribution in [0.3, 0.4) is 0 Å². The largest absolute Gasteiger partial charge is 0.349 e. The Labute approximate surface area is 167 Å². The van der Waals surface area contributed by atoms with Crippen LogP contribution < -0.4 is 5.32 Å². The zero-order chi connectivity index (χ0) is 19.2. The number of aryl methyl sites for hydroxylation is 2. The van der Waals surface area contributed by atoms with Gasteiger partial charge in [-0.05, 0) is 69.5 Å². The number of hydrogen-bond acceptors (Lipinski definition) is 3.